The number of carbonyl (C=O) groups is 5. The van der Waals surface area contributed by atoms with E-state index in [1.165, 1.54) is 32.9 Å². The smallest absolute Gasteiger partial charge is 0.408 e. The summed E-state index contributed by atoms with van der Waals surface area (Å²) in [6.45, 7) is 12.1. The fourth-order valence-corrected chi connectivity index (χ4v) is 9.73. The molecular formula is C43H54N2O13. The van der Waals surface area contributed by atoms with Gasteiger partial charge in [-0.2, -0.15) is 0 Å². The molecule has 1 heterocycles. The lowest BCUT2D eigenvalue weighted by Gasteiger charge is -2.68. The molecule has 4 aliphatic rings. The Hall–Kier alpha value is -4.67. The molecule has 1 unspecified atom stereocenters. The van der Waals surface area contributed by atoms with Crippen LogP contribution in [0.3, 0.4) is 0 Å². The highest BCUT2D eigenvalue weighted by molar-refractivity contribution is 5.94. The number of hydrogen-bond acceptors (Lipinski definition) is 14. The second-order valence-corrected chi connectivity index (χ2v) is 17.7. The van der Waals surface area contributed by atoms with Crippen molar-refractivity contribution in [1.29, 1.82) is 0 Å². The Balaban J connectivity index is 1.49. The molecule has 0 spiro atoms. The first-order chi connectivity index (χ1) is 27.0. The third-order valence-corrected chi connectivity index (χ3v) is 12.7. The molecule has 2 saturated carbocycles. The fraction of sp³-hybridized carbons (Fsp3) is 0.558. The summed E-state index contributed by atoms with van der Waals surface area (Å²) in [5.74, 6) is -5.20. The molecule has 0 radical (unpaired) electrons. The molecule has 2 aromatic rings. The Kier molecular flexibility index (Phi) is 11.2. The number of ether oxygens (including phenoxy) is 4. The molecule has 3 fully saturated rings. The van der Waals surface area contributed by atoms with Crippen molar-refractivity contribution in [2.24, 2.45) is 16.7 Å². The Labute approximate surface area is 337 Å². The van der Waals surface area contributed by atoms with Crippen LogP contribution < -0.4 is 10.6 Å². The van der Waals surface area contributed by atoms with Gasteiger partial charge in [0.2, 0.25) is 0 Å². The van der Waals surface area contributed by atoms with Gasteiger partial charge in [0, 0.05) is 25.3 Å². The number of amides is 1. The number of benzene rings is 2. The molecule has 1 aliphatic heterocycles. The lowest BCUT2D eigenvalue weighted by Crippen LogP contribution is -2.85. The molecule has 1 saturated heterocycles. The zero-order valence-electron chi connectivity index (χ0n) is 34.0. The monoisotopic (exact) mass is 806 g/mol. The third-order valence-electron chi connectivity index (χ3n) is 12.7. The standard InChI is InChI=1S/C43H54N2O13/c1-22-26(55-37(52)32(49)30(24-15-11-9-12-16-24)45-38(53)58-39(3,4)5)20-43(54)35(56-36(51)25-17-13-10-14-18-25)33-41(8,34(50)31(48)29(22)40(43,6)7)28(47)19-27-42(33,21-44-27)57-23(2)46/h9-18,26-28,30-33,35,44,47-49,54H,19-21H2,1-8H3,(H,45,53)/t26-,27+,28-,30-,31+,32+,33?,35-,41+,42-,43+/m0/s1. The molecule has 6 rings (SSSR count). The van der Waals surface area contributed by atoms with Gasteiger partial charge >= 0.3 is 24.0 Å². The second kappa shape index (κ2) is 15.2. The number of aliphatic hydroxyl groups excluding tert-OH is 3. The van der Waals surface area contributed by atoms with E-state index in [1.54, 1.807) is 83.1 Å². The maximum Gasteiger partial charge on any atom is 0.408 e. The molecule has 3 aliphatic carbocycles. The third kappa shape index (κ3) is 7.10. The summed E-state index contributed by atoms with van der Waals surface area (Å²) >= 11 is 0. The first-order valence-corrected chi connectivity index (χ1v) is 19.5. The van der Waals surface area contributed by atoms with Gasteiger partial charge in [0.15, 0.2) is 11.9 Å². The Morgan fingerprint density at radius 2 is 1.55 bits per heavy atom. The normalized spacial score (nSPS) is 33.7. The van der Waals surface area contributed by atoms with Gasteiger partial charge < -0.3 is 50.0 Å². The first kappa shape index (κ1) is 42.9. The predicted octanol–water partition coefficient (Wildman–Crippen LogP) is 2.83. The van der Waals surface area contributed by atoms with Crippen molar-refractivity contribution >= 4 is 29.8 Å². The van der Waals surface area contributed by atoms with Gasteiger partial charge in [-0.3, -0.25) is 9.59 Å². The largest absolute Gasteiger partial charge is 0.456 e. The molecule has 58 heavy (non-hydrogen) atoms. The highest BCUT2D eigenvalue weighted by Crippen LogP contribution is 2.63. The summed E-state index contributed by atoms with van der Waals surface area (Å²) in [5, 5.41) is 54.8. The van der Waals surface area contributed by atoms with Gasteiger partial charge in [-0.1, -0.05) is 62.4 Å². The molecule has 11 atom stereocenters. The zero-order valence-corrected chi connectivity index (χ0v) is 34.0. The van der Waals surface area contributed by atoms with Crippen molar-refractivity contribution in [2.75, 3.05) is 6.54 Å². The Morgan fingerprint density at radius 3 is 2.10 bits per heavy atom. The minimum absolute atomic E-state index is 0.0403. The SMILES string of the molecule is CC(=O)O[C@@]12CN[C@@H]1C[C@H](O)[C@@]1(C)C(=O)[C@H](O)C3=C(C)[C@@H](OC(=O)[C@H](O)[C@@H](NC(=O)OC(C)(C)C)c4ccccc4)C[C@@](O)([C@@H](OC(=O)c4ccccc4)C12)C3(C)C. The summed E-state index contributed by atoms with van der Waals surface area (Å²) in [6, 6.07) is 14.0. The van der Waals surface area contributed by atoms with Gasteiger partial charge in [0.05, 0.1) is 35.1 Å². The zero-order chi connectivity index (χ0) is 42.7. The van der Waals surface area contributed by atoms with Gasteiger partial charge in [0.1, 0.15) is 35.1 Å². The lowest BCUT2D eigenvalue weighted by atomic mass is 9.44. The molecule has 1 amide bonds. The van der Waals surface area contributed by atoms with E-state index in [4.69, 9.17) is 18.9 Å². The van der Waals surface area contributed by atoms with Crippen molar-refractivity contribution < 1.29 is 63.3 Å². The van der Waals surface area contributed by atoms with E-state index in [-0.39, 0.29) is 29.7 Å². The van der Waals surface area contributed by atoms with Gasteiger partial charge in [-0.25, -0.2) is 14.4 Å². The van der Waals surface area contributed by atoms with Gasteiger partial charge in [-0.05, 0) is 69.9 Å². The number of ketones is 1. The van der Waals surface area contributed by atoms with E-state index in [1.807, 2.05) is 0 Å². The van der Waals surface area contributed by atoms with Gasteiger partial charge in [-0.15, -0.1) is 0 Å². The van der Waals surface area contributed by atoms with Crippen LogP contribution in [-0.2, 0) is 33.3 Å². The fourth-order valence-electron chi connectivity index (χ4n) is 9.73. The van der Waals surface area contributed by atoms with Crippen molar-refractivity contribution in [3.8, 4) is 0 Å². The summed E-state index contributed by atoms with van der Waals surface area (Å²) in [6.07, 6.45) is -10.2. The number of esters is 3. The number of aliphatic hydroxyl groups is 4. The minimum Gasteiger partial charge on any atom is -0.456 e. The van der Waals surface area contributed by atoms with Crippen LogP contribution in [0, 0.1) is 16.7 Å². The highest BCUT2D eigenvalue weighted by Gasteiger charge is 2.77. The van der Waals surface area contributed by atoms with Gasteiger partial charge in [0.25, 0.3) is 0 Å². The topological polar surface area (TPSA) is 227 Å². The van der Waals surface area contributed by atoms with Crippen LogP contribution in [0.5, 0.6) is 0 Å². The molecule has 0 aromatic heterocycles. The van der Waals surface area contributed by atoms with Crippen molar-refractivity contribution in [2.45, 2.75) is 128 Å². The lowest BCUT2D eigenvalue weighted by molar-refractivity contribution is -0.283. The van der Waals surface area contributed by atoms with Crippen LogP contribution in [0.4, 0.5) is 4.79 Å². The average Bonchev–Trinajstić information content (AvgIpc) is 3.14. The van der Waals surface area contributed by atoms with E-state index in [9.17, 15) is 44.4 Å². The Morgan fingerprint density at radius 1 is 0.948 bits per heavy atom. The summed E-state index contributed by atoms with van der Waals surface area (Å²) < 4.78 is 23.8. The molecule has 314 valence electrons. The van der Waals surface area contributed by atoms with E-state index >= 15 is 0 Å². The van der Waals surface area contributed by atoms with E-state index in [0.717, 1.165) is 0 Å². The minimum atomic E-state index is -2.33. The number of nitrogens with one attached hydrogen (secondary N) is 2. The second-order valence-electron chi connectivity index (χ2n) is 17.7. The number of fused-ring (bicyclic) bond motifs is 5. The molecule has 2 bridgehead atoms. The van der Waals surface area contributed by atoms with E-state index < -0.39 is 112 Å². The summed E-state index contributed by atoms with van der Waals surface area (Å²) in [5.41, 5.74) is -7.88. The van der Waals surface area contributed by atoms with Crippen molar-refractivity contribution in [3.63, 3.8) is 0 Å². The average molecular weight is 807 g/mol. The molecule has 15 heteroatoms. The van der Waals surface area contributed by atoms with Crippen molar-refractivity contribution in [1.82, 2.24) is 10.6 Å². The summed E-state index contributed by atoms with van der Waals surface area (Å²) in [4.78, 5) is 69.0. The number of hydrogen-bond donors (Lipinski definition) is 6. The number of carbonyl (C=O) groups excluding carboxylic acids is 5. The maximum absolute atomic E-state index is 15.0. The van der Waals surface area contributed by atoms with Crippen LogP contribution in [0.15, 0.2) is 71.8 Å². The molecular weight excluding hydrogens is 752 g/mol. The van der Waals surface area contributed by atoms with Crippen molar-refractivity contribution in [3.05, 3.63) is 82.9 Å². The quantitative estimate of drug-likeness (QED) is 0.128. The van der Waals surface area contributed by atoms with Crippen LogP contribution >= 0.6 is 0 Å². The van der Waals surface area contributed by atoms with Crippen LogP contribution in [-0.4, -0.2) is 110 Å². The molecule has 6 N–H and O–H groups in total. The van der Waals surface area contributed by atoms with Crippen LogP contribution in [0.25, 0.3) is 0 Å². The van der Waals surface area contributed by atoms with E-state index in [2.05, 4.69) is 10.6 Å². The van der Waals surface area contributed by atoms with E-state index in [0.29, 0.717) is 5.56 Å². The summed E-state index contributed by atoms with van der Waals surface area (Å²) in [7, 11) is 0. The number of rotatable bonds is 8. The van der Waals surface area contributed by atoms with Crippen LogP contribution in [0.1, 0.15) is 90.2 Å². The number of Topliss-reactive ketones (excluding diaryl/α,β-unsaturated/α-hetero) is 1. The maximum atomic E-state index is 15.0. The number of alkyl carbamates (subject to hydrolysis) is 1. The molecule has 15 nitrogen and oxygen atoms in total. The first-order valence-electron chi connectivity index (χ1n) is 19.5. The predicted molar refractivity (Wildman–Crippen MR) is 206 cm³/mol. The Bertz CT molecular complexity index is 1980. The van der Waals surface area contributed by atoms with Crippen LogP contribution in [0.2, 0.25) is 0 Å². The molecule has 2 aromatic carbocycles. The highest BCUT2D eigenvalue weighted by atomic mass is 16.6.